The summed E-state index contributed by atoms with van der Waals surface area (Å²) in [5.41, 5.74) is 7.61. The molecule has 0 fully saturated rings. The number of hydrogen-bond donors (Lipinski definition) is 1. The van der Waals surface area contributed by atoms with Crippen molar-refractivity contribution in [3.05, 3.63) is 41.7 Å². The Labute approximate surface area is 83.4 Å². The van der Waals surface area contributed by atoms with Gasteiger partial charge in [-0.3, -0.25) is 0 Å². The third-order valence-corrected chi connectivity index (χ3v) is 2.67. The lowest BCUT2D eigenvalue weighted by molar-refractivity contribution is 0.601. The van der Waals surface area contributed by atoms with Gasteiger partial charge in [-0.15, -0.1) is 0 Å². The van der Waals surface area contributed by atoms with Crippen molar-refractivity contribution in [3.63, 3.8) is 0 Å². The van der Waals surface area contributed by atoms with E-state index in [0.29, 0.717) is 0 Å². The van der Waals surface area contributed by atoms with Crippen LogP contribution in [0.15, 0.2) is 30.3 Å². The van der Waals surface area contributed by atoms with Gasteiger partial charge in [-0.1, -0.05) is 24.3 Å². The lowest BCUT2D eigenvalue weighted by atomic mass is 9.91. The van der Waals surface area contributed by atoms with E-state index >= 15 is 0 Å². The van der Waals surface area contributed by atoms with E-state index in [4.69, 9.17) is 5.73 Å². The monoisotopic (exact) mass is 191 g/mol. The molecule has 1 aromatic rings. The van der Waals surface area contributed by atoms with Crippen LogP contribution in [0.25, 0.3) is 5.57 Å². The molecule has 1 aliphatic carbocycles. The third kappa shape index (κ3) is 1.85. The number of nitrogens with two attached hydrogens (primary N) is 1. The molecule has 0 aromatic heterocycles. The zero-order valence-corrected chi connectivity index (χ0v) is 8.04. The van der Waals surface area contributed by atoms with Crippen molar-refractivity contribution in [1.29, 1.82) is 0 Å². The highest BCUT2D eigenvalue weighted by atomic mass is 19.1. The minimum Gasteiger partial charge on any atom is -0.327 e. The Hall–Kier alpha value is -1.15. The fraction of sp³-hybridized carbons (Fsp3) is 0.333. The quantitative estimate of drug-likeness (QED) is 0.725. The average Bonchev–Trinajstić information content (AvgIpc) is 2.20. The van der Waals surface area contributed by atoms with E-state index in [0.717, 1.165) is 30.4 Å². The molecule has 14 heavy (non-hydrogen) atoms. The largest absolute Gasteiger partial charge is 0.327 e. The predicted molar refractivity (Wildman–Crippen MR) is 56.2 cm³/mol. The topological polar surface area (TPSA) is 26.0 Å². The predicted octanol–water partition coefficient (Wildman–Crippen LogP) is 2.72. The van der Waals surface area contributed by atoms with Crippen molar-refractivity contribution < 1.29 is 4.39 Å². The van der Waals surface area contributed by atoms with Gasteiger partial charge < -0.3 is 5.73 Å². The van der Waals surface area contributed by atoms with Crippen LogP contribution in [0.3, 0.4) is 0 Å². The van der Waals surface area contributed by atoms with Gasteiger partial charge in [-0.25, -0.2) is 4.39 Å². The van der Waals surface area contributed by atoms with Gasteiger partial charge in [0.05, 0.1) is 0 Å². The second-order valence-corrected chi connectivity index (χ2v) is 3.74. The van der Waals surface area contributed by atoms with Crippen LogP contribution < -0.4 is 5.73 Å². The van der Waals surface area contributed by atoms with Gasteiger partial charge in [0, 0.05) is 11.6 Å². The van der Waals surface area contributed by atoms with Gasteiger partial charge in [-0.2, -0.15) is 0 Å². The number of rotatable bonds is 1. The molecule has 0 amide bonds. The fourth-order valence-corrected chi connectivity index (χ4v) is 1.82. The van der Waals surface area contributed by atoms with Crippen LogP contribution in [0.5, 0.6) is 0 Å². The van der Waals surface area contributed by atoms with E-state index in [2.05, 4.69) is 6.08 Å². The SMILES string of the molecule is NC1CC=C(c2ccccc2F)CC1. The van der Waals surface area contributed by atoms with Gasteiger partial charge in [0.2, 0.25) is 0 Å². The summed E-state index contributed by atoms with van der Waals surface area (Å²) in [6, 6.07) is 7.18. The molecule has 1 aromatic carbocycles. The van der Waals surface area contributed by atoms with Gasteiger partial charge in [0.25, 0.3) is 0 Å². The first-order chi connectivity index (χ1) is 6.77. The highest BCUT2D eigenvalue weighted by Gasteiger charge is 2.13. The van der Waals surface area contributed by atoms with E-state index in [1.54, 1.807) is 6.07 Å². The van der Waals surface area contributed by atoms with Gasteiger partial charge in [-0.05, 0) is 30.9 Å². The van der Waals surface area contributed by atoms with E-state index in [-0.39, 0.29) is 11.9 Å². The maximum atomic E-state index is 13.4. The highest BCUT2D eigenvalue weighted by Crippen LogP contribution is 2.27. The minimum atomic E-state index is -0.130. The van der Waals surface area contributed by atoms with E-state index in [9.17, 15) is 4.39 Å². The molecule has 0 spiro atoms. The summed E-state index contributed by atoms with van der Waals surface area (Å²) in [7, 11) is 0. The van der Waals surface area contributed by atoms with Crippen LogP contribution in [0.1, 0.15) is 24.8 Å². The lowest BCUT2D eigenvalue weighted by Crippen LogP contribution is -2.21. The molecule has 2 N–H and O–H groups in total. The maximum Gasteiger partial charge on any atom is 0.130 e. The molecule has 0 saturated heterocycles. The van der Waals surface area contributed by atoms with Crippen molar-refractivity contribution in [2.75, 3.05) is 0 Å². The second kappa shape index (κ2) is 3.93. The second-order valence-electron chi connectivity index (χ2n) is 3.74. The Balaban J connectivity index is 2.28. The Morgan fingerprint density at radius 2 is 2.07 bits per heavy atom. The van der Waals surface area contributed by atoms with Crippen molar-refractivity contribution in [2.45, 2.75) is 25.3 Å². The zero-order valence-electron chi connectivity index (χ0n) is 8.04. The molecule has 1 aliphatic rings. The summed E-state index contributed by atoms with van der Waals surface area (Å²) in [5, 5.41) is 0. The molecule has 2 rings (SSSR count). The molecule has 0 heterocycles. The van der Waals surface area contributed by atoms with Gasteiger partial charge in [0.15, 0.2) is 0 Å². The first kappa shape index (κ1) is 9.41. The smallest absolute Gasteiger partial charge is 0.130 e. The summed E-state index contributed by atoms with van der Waals surface area (Å²) < 4.78 is 13.4. The van der Waals surface area contributed by atoms with Crippen LogP contribution in [-0.4, -0.2) is 6.04 Å². The minimum absolute atomic E-state index is 0.130. The summed E-state index contributed by atoms with van der Waals surface area (Å²) in [6.45, 7) is 0. The third-order valence-electron chi connectivity index (χ3n) is 2.67. The van der Waals surface area contributed by atoms with Crippen LogP contribution in [0, 0.1) is 5.82 Å². The standard InChI is InChI=1S/C12H14FN/c13-12-4-2-1-3-11(12)9-5-7-10(14)8-6-9/h1-5,10H,6-8,14H2. The first-order valence-corrected chi connectivity index (χ1v) is 4.97. The van der Waals surface area contributed by atoms with Crippen molar-refractivity contribution >= 4 is 5.57 Å². The molecule has 0 aliphatic heterocycles. The van der Waals surface area contributed by atoms with Gasteiger partial charge in [0.1, 0.15) is 5.82 Å². The van der Waals surface area contributed by atoms with Crippen molar-refractivity contribution in [2.24, 2.45) is 5.73 Å². The Morgan fingerprint density at radius 1 is 1.29 bits per heavy atom. The maximum absolute atomic E-state index is 13.4. The molecule has 0 radical (unpaired) electrons. The molecule has 1 nitrogen and oxygen atoms in total. The van der Waals surface area contributed by atoms with Crippen LogP contribution in [-0.2, 0) is 0 Å². The number of hydrogen-bond acceptors (Lipinski definition) is 1. The Kier molecular flexibility index (Phi) is 2.64. The molecule has 0 bridgehead atoms. The van der Waals surface area contributed by atoms with Crippen LogP contribution >= 0.6 is 0 Å². The van der Waals surface area contributed by atoms with E-state index < -0.39 is 0 Å². The molecular formula is C12H14FN. The highest BCUT2D eigenvalue weighted by molar-refractivity contribution is 5.66. The normalized spacial score (nSPS) is 21.9. The average molecular weight is 191 g/mol. The van der Waals surface area contributed by atoms with Crippen molar-refractivity contribution in [3.8, 4) is 0 Å². The van der Waals surface area contributed by atoms with Crippen LogP contribution in [0.2, 0.25) is 0 Å². The molecule has 1 atom stereocenters. The van der Waals surface area contributed by atoms with Gasteiger partial charge >= 0.3 is 0 Å². The number of halogens is 1. The van der Waals surface area contributed by atoms with E-state index in [1.165, 1.54) is 6.07 Å². The molecule has 74 valence electrons. The molecule has 0 saturated carbocycles. The number of allylic oxidation sites excluding steroid dienone is 1. The summed E-state index contributed by atoms with van der Waals surface area (Å²) in [6.07, 6.45) is 4.78. The van der Waals surface area contributed by atoms with Crippen LogP contribution in [0.4, 0.5) is 4.39 Å². The first-order valence-electron chi connectivity index (χ1n) is 4.97. The van der Waals surface area contributed by atoms with Crippen molar-refractivity contribution in [1.82, 2.24) is 0 Å². The Morgan fingerprint density at radius 3 is 2.71 bits per heavy atom. The summed E-state index contributed by atoms with van der Waals surface area (Å²) in [4.78, 5) is 0. The summed E-state index contributed by atoms with van der Waals surface area (Å²) in [5.74, 6) is -0.130. The molecule has 2 heteroatoms. The number of benzene rings is 1. The van der Waals surface area contributed by atoms with E-state index in [1.807, 2.05) is 12.1 Å². The Bertz CT molecular complexity index is 357. The fourth-order valence-electron chi connectivity index (χ4n) is 1.82. The summed E-state index contributed by atoms with van der Waals surface area (Å²) >= 11 is 0. The molecular weight excluding hydrogens is 177 g/mol. The molecule has 1 unspecified atom stereocenters. The lowest BCUT2D eigenvalue weighted by Gasteiger charge is -2.18. The zero-order chi connectivity index (χ0) is 9.97.